The summed E-state index contributed by atoms with van der Waals surface area (Å²) in [4.78, 5) is 12.3. The van der Waals surface area contributed by atoms with E-state index in [-0.39, 0.29) is 28.9 Å². The minimum absolute atomic E-state index is 0.168. The van der Waals surface area contributed by atoms with E-state index in [9.17, 15) is 31.7 Å². The van der Waals surface area contributed by atoms with Crippen molar-refractivity contribution in [3.05, 3.63) is 46.3 Å². The van der Waals surface area contributed by atoms with Crippen LogP contribution in [-0.2, 0) is 16.0 Å². The molecule has 1 unspecified atom stereocenters. The molecule has 1 saturated heterocycles. The van der Waals surface area contributed by atoms with Gasteiger partial charge in [0.1, 0.15) is 5.69 Å². The Morgan fingerprint density at radius 3 is 2.57 bits per heavy atom. The lowest BCUT2D eigenvalue weighted by Gasteiger charge is -2.34. The van der Waals surface area contributed by atoms with Crippen molar-refractivity contribution in [3.63, 3.8) is 0 Å². The van der Waals surface area contributed by atoms with Crippen molar-refractivity contribution < 1.29 is 26.5 Å². The maximum atomic E-state index is 12.8. The minimum atomic E-state index is -4.54. The average Bonchev–Trinajstić information content (AvgIpc) is 3.11. The van der Waals surface area contributed by atoms with Crippen LogP contribution in [0.4, 0.5) is 24.5 Å². The highest BCUT2D eigenvalue weighted by Gasteiger charge is 2.35. The number of halogens is 3. The van der Waals surface area contributed by atoms with Gasteiger partial charge >= 0.3 is 6.18 Å². The van der Waals surface area contributed by atoms with Gasteiger partial charge in [0.2, 0.25) is 0 Å². The molecule has 1 aliphatic heterocycles. The predicted molar refractivity (Wildman–Crippen MR) is 93.9 cm³/mol. The topological polar surface area (TPSA) is 98.3 Å². The first-order valence-electron chi connectivity index (χ1n) is 8.32. The zero-order valence-corrected chi connectivity index (χ0v) is 15.6. The zero-order chi connectivity index (χ0) is 20.7. The van der Waals surface area contributed by atoms with Crippen molar-refractivity contribution in [2.24, 2.45) is 0 Å². The summed E-state index contributed by atoms with van der Waals surface area (Å²) in [6.07, 6.45) is -1.17. The highest BCUT2D eigenvalue weighted by molar-refractivity contribution is 7.90. The minimum Gasteiger partial charge on any atom is -0.364 e. The Morgan fingerprint density at radius 1 is 1.29 bits per heavy atom. The number of rotatable bonds is 4. The van der Waals surface area contributed by atoms with Gasteiger partial charge in [-0.15, -0.1) is 0 Å². The smallest absolute Gasteiger partial charge is 0.364 e. The Balaban J connectivity index is 1.90. The Kier molecular flexibility index (Phi) is 5.08. The number of aromatic nitrogens is 2. The molecule has 1 aromatic heterocycles. The molecule has 2 aromatic rings. The van der Waals surface area contributed by atoms with Crippen LogP contribution in [0.5, 0.6) is 0 Å². The fraction of sp³-hybridized carbons (Fsp3) is 0.438. The lowest BCUT2D eigenvalue weighted by atomic mass is 10.0. The third-order valence-corrected chi connectivity index (χ3v) is 5.69. The summed E-state index contributed by atoms with van der Waals surface area (Å²) in [5.41, 5.74) is -1.13. The van der Waals surface area contributed by atoms with Gasteiger partial charge in [-0.3, -0.25) is 14.8 Å². The van der Waals surface area contributed by atoms with Gasteiger partial charge in [-0.25, -0.2) is 8.42 Å². The lowest BCUT2D eigenvalue weighted by molar-refractivity contribution is -0.384. The third kappa shape index (κ3) is 4.11. The molecule has 152 valence electrons. The van der Waals surface area contributed by atoms with E-state index in [0.717, 1.165) is 18.4 Å². The second kappa shape index (κ2) is 7.08. The van der Waals surface area contributed by atoms with E-state index < -0.39 is 26.6 Å². The number of nitrogens with zero attached hydrogens (tertiary/aromatic N) is 4. The first kappa shape index (κ1) is 20.1. The molecule has 0 radical (unpaired) electrons. The lowest BCUT2D eigenvalue weighted by Crippen LogP contribution is -2.37. The van der Waals surface area contributed by atoms with E-state index in [1.807, 2.05) is 0 Å². The number of piperidine rings is 1. The van der Waals surface area contributed by atoms with Crippen molar-refractivity contribution in [1.82, 2.24) is 9.78 Å². The molecule has 8 nitrogen and oxygen atoms in total. The predicted octanol–water partition coefficient (Wildman–Crippen LogP) is 3.06. The number of nitro groups is 1. The van der Waals surface area contributed by atoms with E-state index in [2.05, 4.69) is 5.10 Å². The molecule has 2 heterocycles. The van der Waals surface area contributed by atoms with E-state index >= 15 is 0 Å². The third-order valence-electron chi connectivity index (χ3n) is 4.58. The molecule has 3 rings (SSSR count). The normalized spacial score (nSPS) is 18.3. The SMILES string of the molecule is CS(=O)(=O)c1ccc(N2CCCC(n3ccc(C(F)(F)F)n3)C2)c([N+](=O)[O-])c1. The monoisotopic (exact) mass is 418 g/mol. The van der Waals surface area contributed by atoms with Crippen LogP contribution in [0.3, 0.4) is 0 Å². The number of benzene rings is 1. The maximum absolute atomic E-state index is 12.8. The Labute approximate surface area is 158 Å². The van der Waals surface area contributed by atoms with Gasteiger partial charge in [0.05, 0.1) is 15.9 Å². The number of hydrogen-bond acceptors (Lipinski definition) is 6. The van der Waals surface area contributed by atoms with Crippen molar-refractivity contribution >= 4 is 21.2 Å². The van der Waals surface area contributed by atoms with Crippen molar-refractivity contribution in [2.75, 3.05) is 24.2 Å². The van der Waals surface area contributed by atoms with Crippen LogP contribution in [0.1, 0.15) is 24.6 Å². The first-order chi connectivity index (χ1) is 13.0. The molecule has 28 heavy (non-hydrogen) atoms. The fourth-order valence-electron chi connectivity index (χ4n) is 3.23. The van der Waals surface area contributed by atoms with E-state index in [1.165, 1.54) is 23.0 Å². The Morgan fingerprint density at radius 2 is 2.00 bits per heavy atom. The molecular weight excluding hydrogens is 401 g/mol. The summed E-state index contributed by atoms with van der Waals surface area (Å²) >= 11 is 0. The van der Waals surface area contributed by atoms with E-state index in [4.69, 9.17) is 0 Å². The molecule has 0 bridgehead atoms. The van der Waals surface area contributed by atoms with Gasteiger partial charge in [-0.1, -0.05) is 0 Å². The molecule has 12 heteroatoms. The number of anilines is 1. The van der Waals surface area contributed by atoms with Crippen LogP contribution in [0, 0.1) is 10.1 Å². The molecule has 1 atom stereocenters. The highest BCUT2D eigenvalue weighted by atomic mass is 32.2. The number of nitro benzene ring substituents is 1. The van der Waals surface area contributed by atoms with Crippen molar-refractivity contribution in [2.45, 2.75) is 30.0 Å². The summed E-state index contributed by atoms with van der Waals surface area (Å²) in [6.45, 7) is 0.682. The summed E-state index contributed by atoms with van der Waals surface area (Å²) in [7, 11) is -3.61. The quantitative estimate of drug-likeness (QED) is 0.559. The number of hydrogen-bond donors (Lipinski definition) is 0. The Hall–Kier alpha value is -2.63. The second-order valence-electron chi connectivity index (χ2n) is 6.60. The van der Waals surface area contributed by atoms with Crippen molar-refractivity contribution in [3.8, 4) is 0 Å². The number of sulfone groups is 1. The molecule has 0 saturated carbocycles. The van der Waals surface area contributed by atoms with Crippen LogP contribution in [0.25, 0.3) is 0 Å². The molecular formula is C16H17F3N4O4S. The molecule has 1 aromatic carbocycles. The van der Waals surface area contributed by atoms with Crippen LogP contribution >= 0.6 is 0 Å². The van der Waals surface area contributed by atoms with Gasteiger partial charge in [-0.05, 0) is 31.0 Å². The molecule has 0 amide bonds. The van der Waals surface area contributed by atoms with Gasteiger partial charge in [-0.2, -0.15) is 18.3 Å². The molecule has 0 spiro atoms. The molecule has 0 aliphatic carbocycles. The average molecular weight is 418 g/mol. The standard InChI is InChI=1S/C16H17F3N4O4S/c1-28(26,27)12-4-5-13(14(9-12)23(24)25)21-7-2-3-11(10-21)22-8-6-15(20-22)16(17,18)19/h4-6,8-9,11H,2-3,7,10H2,1H3. The zero-order valence-electron chi connectivity index (χ0n) is 14.8. The van der Waals surface area contributed by atoms with E-state index in [0.29, 0.717) is 19.4 Å². The maximum Gasteiger partial charge on any atom is 0.435 e. The Bertz CT molecular complexity index is 1000. The summed E-state index contributed by atoms with van der Waals surface area (Å²) in [6, 6.07) is 4.16. The molecule has 1 fully saturated rings. The van der Waals surface area contributed by atoms with Crippen LogP contribution in [0.15, 0.2) is 35.4 Å². The molecule has 1 aliphatic rings. The van der Waals surface area contributed by atoms with Gasteiger partial charge in [0, 0.05) is 31.6 Å². The summed E-state index contributed by atoms with van der Waals surface area (Å²) in [5.74, 6) is 0. The van der Waals surface area contributed by atoms with Crippen LogP contribution in [0.2, 0.25) is 0 Å². The van der Waals surface area contributed by atoms with Gasteiger partial charge in [0.25, 0.3) is 5.69 Å². The highest BCUT2D eigenvalue weighted by Crippen LogP contribution is 2.35. The molecule has 0 N–H and O–H groups in total. The fourth-order valence-corrected chi connectivity index (χ4v) is 3.87. The van der Waals surface area contributed by atoms with E-state index in [1.54, 1.807) is 4.90 Å². The van der Waals surface area contributed by atoms with Gasteiger partial charge in [0.15, 0.2) is 15.5 Å². The van der Waals surface area contributed by atoms with Crippen LogP contribution < -0.4 is 4.90 Å². The largest absolute Gasteiger partial charge is 0.435 e. The summed E-state index contributed by atoms with van der Waals surface area (Å²) < 4.78 is 62.9. The van der Waals surface area contributed by atoms with Crippen molar-refractivity contribution in [1.29, 1.82) is 0 Å². The second-order valence-corrected chi connectivity index (χ2v) is 8.62. The van der Waals surface area contributed by atoms with Crippen LogP contribution in [-0.4, -0.2) is 42.5 Å². The van der Waals surface area contributed by atoms with Gasteiger partial charge < -0.3 is 4.90 Å². The number of alkyl halides is 3. The summed E-state index contributed by atoms with van der Waals surface area (Å²) in [5, 5.41) is 15.0. The first-order valence-corrected chi connectivity index (χ1v) is 10.2.